The molecule has 3 heteroatoms. The van der Waals surface area contributed by atoms with E-state index < -0.39 is 4.30 Å². The minimum absolute atomic E-state index is 0.750. The molecule has 0 fully saturated rings. The van der Waals surface area contributed by atoms with E-state index in [-0.39, 0.29) is 0 Å². The summed E-state index contributed by atoms with van der Waals surface area (Å²) in [4.78, 5) is 0. The van der Waals surface area contributed by atoms with Gasteiger partial charge in [-0.25, -0.2) is 0 Å². The summed E-state index contributed by atoms with van der Waals surface area (Å²) in [5.41, 5.74) is 0. The van der Waals surface area contributed by atoms with Gasteiger partial charge in [0.2, 0.25) is 0 Å². The molecule has 0 amide bonds. The summed E-state index contributed by atoms with van der Waals surface area (Å²) < 4.78 is -0.750. The van der Waals surface area contributed by atoms with Crippen molar-refractivity contribution in [1.29, 1.82) is 0 Å². The Balaban J connectivity index is 0. The maximum Gasteiger partial charge on any atom is 0.180 e. The zero-order valence-corrected chi connectivity index (χ0v) is 5.39. The minimum atomic E-state index is -0.750. The summed E-state index contributed by atoms with van der Waals surface area (Å²) in [6, 6.07) is 0. The molecule has 0 aromatic carbocycles. The molecule has 0 heterocycles. The van der Waals surface area contributed by atoms with Crippen molar-refractivity contribution < 1.29 is 0 Å². The molecule has 6 heavy (non-hydrogen) atoms. The fourth-order valence-corrected chi connectivity index (χ4v) is 0. The summed E-state index contributed by atoms with van der Waals surface area (Å²) in [5, 5.41) is 0. The number of hydrogen-bond donors (Lipinski definition) is 0. The van der Waals surface area contributed by atoms with Crippen LogP contribution in [0.2, 0.25) is 0 Å². The highest BCUT2D eigenvalue weighted by Crippen LogP contribution is 2.03. The summed E-state index contributed by atoms with van der Waals surface area (Å²) in [7, 11) is 0. The molecule has 0 aliphatic rings. The predicted octanol–water partition coefficient (Wildman–Crippen LogP) is 2.79. The molecule has 0 N–H and O–H groups in total. The first kappa shape index (κ1) is 9.79. The van der Waals surface area contributed by atoms with E-state index in [9.17, 15) is 0 Å². The Kier molecular flexibility index (Phi) is 14.9. The molecular weight excluding hydrogens is 142 g/mol. The van der Waals surface area contributed by atoms with E-state index in [4.69, 9.17) is 34.8 Å². The summed E-state index contributed by atoms with van der Waals surface area (Å²) in [6.07, 6.45) is 0. The Bertz CT molecular complexity index is 17.2. The fourth-order valence-electron chi connectivity index (χ4n) is 0. The van der Waals surface area contributed by atoms with Crippen LogP contribution in [-0.4, -0.2) is 4.30 Å². The first-order valence-corrected chi connectivity index (χ1v) is 2.46. The Morgan fingerprint density at radius 1 is 1.00 bits per heavy atom. The second-order valence-corrected chi connectivity index (χ2v) is 2.23. The lowest BCUT2D eigenvalue weighted by molar-refractivity contribution is 1.96. The third kappa shape index (κ3) is 161. The third-order valence-corrected chi connectivity index (χ3v) is 0. The number of rotatable bonds is 0. The number of halogens is 3. The summed E-state index contributed by atoms with van der Waals surface area (Å²) in [5.74, 6) is 0. The highest BCUT2D eigenvalue weighted by atomic mass is 35.6. The molecule has 0 aromatic rings. The Morgan fingerprint density at radius 3 is 1.00 bits per heavy atom. The molecule has 0 aliphatic heterocycles. The Morgan fingerprint density at radius 2 is 1.00 bits per heavy atom. The van der Waals surface area contributed by atoms with Crippen LogP contribution < -0.4 is 0 Å². The monoisotopic (exact) mass is 146 g/mol. The first-order chi connectivity index (χ1) is 2.73. The van der Waals surface area contributed by atoms with Gasteiger partial charge in [-0.2, -0.15) is 0 Å². The highest BCUT2D eigenvalue weighted by molar-refractivity contribution is 6.63. The van der Waals surface area contributed by atoms with Crippen molar-refractivity contribution in [1.82, 2.24) is 0 Å². The van der Waals surface area contributed by atoms with Crippen molar-refractivity contribution >= 4 is 34.8 Å². The van der Waals surface area contributed by atoms with Crippen molar-refractivity contribution in [3.8, 4) is 0 Å². The summed E-state index contributed by atoms with van der Waals surface area (Å²) in [6.45, 7) is 6.00. The summed E-state index contributed by atoms with van der Waals surface area (Å²) >= 11 is 14.4. The van der Waals surface area contributed by atoms with Crippen molar-refractivity contribution in [2.24, 2.45) is 0 Å². The molecule has 0 aromatic heterocycles. The van der Waals surface area contributed by atoms with Gasteiger partial charge in [-0.1, -0.05) is 34.8 Å². The number of hydrogen-bond acceptors (Lipinski definition) is 0. The van der Waals surface area contributed by atoms with Gasteiger partial charge in [-0.05, 0) is 0 Å². The van der Waals surface area contributed by atoms with Gasteiger partial charge in [0.25, 0.3) is 0 Å². The topological polar surface area (TPSA) is 0 Å². The van der Waals surface area contributed by atoms with Crippen LogP contribution in [0.1, 0.15) is 0 Å². The zero-order chi connectivity index (χ0) is 5.58. The van der Waals surface area contributed by atoms with Gasteiger partial charge in [0.05, 0.1) is 0 Å². The average Bonchev–Trinajstić information content (AvgIpc) is 1.41. The van der Waals surface area contributed by atoms with Crippen molar-refractivity contribution in [3.63, 3.8) is 0 Å². The highest BCUT2D eigenvalue weighted by Gasteiger charge is 1.78. The second kappa shape index (κ2) is 9.15. The van der Waals surface area contributed by atoms with Crippen molar-refractivity contribution in [2.45, 2.75) is 4.30 Å². The lowest BCUT2D eigenvalue weighted by Gasteiger charge is -1.69. The predicted molar refractivity (Wildman–Crippen MR) is 32.6 cm³/mol. The van der Waals surface area contributed by atoms with E-state index in [0.717, 1.165) is 0 Å². The standard InChI is InChI=1S/C2H4.CHCl3/c1-2;2-1(3)4/h1-2H2;1H. The molecule has 0 spiro atoms. The van der Waals surface area contributed by atoms with Crippen LogP contribution >= 0.6 is 34.8 Å². The van der Waals surface area contributed by atoms with Crippen LogP contribution in [0.3, 0.4) is 0 Å². The molecule has 0 saturated carbocycles. The molecule has 0 bridgehead atoms. The quantitative estimate of drug-likeness (QED) is 0.365. The van der Waals surface area contributed by atoms with Crippen LogP contribution in [0.15, 0.2) is 13.2 Å². The van der Waals surface area contributed by atoms with E-state index in [2.05, 4.69) is 13.2 Å². The maximum atomic E-state index is 4.81. The van der Waals surface area contributed by atoms with Crippen LogP contribution in [0, 0.1) is 0 Å². The van der Waals surface area contributed by atoms with E-state index in [1.807, 2.05) is 0 Å². The smallest absolute Gasteiger partial charge is 0.106 e. The average molecular weight is 147 g/mol. The normalized spacial score (nSPS) is 6.67. The lowest BCUT2D eigenvalue weighted by atomic mass is 11.3. The Hall–Kier alpha value is 0.610. The first-order valence-electron chi connectivity index (χ1n) is 1.15. The zero-order valence-electron chi connectivity index (χ0n) is 3.13. The molecule has 0 nitrogen and oxygen atoms in total. The molecule has 0 saturated heterocycles. The van der Waals surface area contributed by atoms with Crippen LogP contribution in [0.5, 0.6) is 0 Å². The van der Waals surface area contributed by atoms with Crippen molar-refractivity contribution in [2.75, 3.05) is 0 Å². The second-order valence-electron chi connectivity index (χ2n) is 0.247. The van der Waals surface area contributed by atoms with E-state index in [1.165, 1.54) is 0 Å². The van der Waals surface area contributed by atoms with Gasteiger partial charge >= 0.3 is 0 Å². The van der Waals surface area contributed by atoms with Crippen LogP contribution in [-0.2, 0) is 0 Å². The Labute approximate surface area is 52.7 Å². The molecular formula is C3H5Cl3. The SMILES string of the molecule is C=C.ClC(Cl)Cl. The van der Waals surface area contributed by atoms with Gasteiger partial charge in [0, 0.05) is 0 Å². The van der Waals surface area contributed by atoms with E-state index >= 15 is 0 Å². The van der Waals surface area contributed by atoms with Gasteiger partial charge in [0.15, 0.2) is 4.30 Å². The van der Waals surface area contributed by atoms with E-state index in [0.29, 0.717) is 0 Å². The third-order valence-electron chi connectivity index (χ3n) is 0. The number of alkyl halides is 3. The maximum absolute atomic E-state index is 4.81. The van der Waals surface area contributed by atoms with Gasteiger partial charge in [0.1, 0.15) is 0 Å². The van der Waals surface area contributed by atoms with Gasteiger partial charge < -0.3 is 0 Å². The lowest BCUT2D eigenvalue weighted by Crippen LogP contribution is -1.55. The molecule has 0 rings (SSSR count). The van der Waals surface area contributed by atoms with Crippen LogP contribution in [0.4, 0.5) is 0 Å². The largest absolute Gasteiger partial charge is 0.180 e. The molecule has 0 unspecified atom stereocenters. The molecule has 0 radical (unpaired) electrons. The molecule has 0 aliphatic carbocycles. The van der Waals surface area contributed by atoms with Gasteiger partial charge in [-0.15, -0.1) is 13.2 Å². The van der Waals surface area contributed by atoms with Gasteiger partial charge in [-0.3, -0.25) is 0 Å². The fraction of sp³-hybridized carbons (Fsp3) is 0.333. The molecule has 0 atom stereocenters. The molecule has 38 valence electrons. The van der Waals surface area contributed by atoms with Crippen LogP contribution in [0.25, 0.3) is 0 Å². The minimum Gasteiger partial charge on any atom is -0.106 e. The van der Waals surface area contributed by atoms with Crippen molar-refractivity contribution in [3.05, 3.63) is 13.2 Å². The van der Waals surface area contributed by atoms with E-state index in [1.54, 1.807) is 0 Å².